The van der Waals surface area contributed by atoms with Gasteiger partial charge in [-0.25, -0.2) is 4.79 Å². The fourth-order valence-corrected chi connectivity index (χ4v) is 2.29. The zero-order valence-corrected chi connectivity index (χ0v) is 9.76. The average molecular weight is 244 g/mol. The summed E-state index contributed by atoms with van der Waals surface area (Å²) in [6, 6.07) is 7.42. The Labute approximate surface area is 104 Å². The number of benzene rings is 1. The zero-order chi connectivity index (χ0) is 12.6. The molecule has 1 saturated carbocycles. The van der Waals surface area contributed by atoms with Crippen molar-refractivity contribution in [3.63, 3.8) is 0 Å². The highest BCUT2D eigenvalue weighted by molar-refractivity contribution is 5.93. The highest BCUT2D eigenvalue weighted by Crippen LogP contribution is 2.52. The van der Waals surface area contributed by atoms with Gasteiger partial charge in [0.1, 0.15) is 5.54 Å². The van der Waals surface area contributed by atoms with E-state index in [9.17, 15) is 9.59 Å². The molecular weight excluding hydrogens is 232 g/mol. The number of carbonyl (C=O) groups excluding carboxylic acids is 2. The molecule has 2 fully saturated rings. The van der Waals surface area contributed by atoms with Crippen LogP contribution in [0.15, 0.2) is 29.3 Å². The molecule has 3 rings (SSSR count). The van der Waals surface area contributed by atoms with Crippen LogP contribution in [0, 0.1) is 0 Å². The van der Waals surface area contributed by atoms with Gasteiger partial charge in [-0.2, -0.15) is 10.1 Å². The van der Waals surface area contributed by atoms with E-state index in [1.54, 1.807) is 6.08 Å². The second-order valence-electron chi connectivity index (χ2n) is 4.52. The standard InChI is InChI=1S/C13H12N2O3/c16-9-14-13(6-7-13)10-3-1-2-4-11(10)15-12(17)5-8-18-15/h1-4H,5-8H2. The molecule has 0 spiro atoms. The normalized spacial score (nSPS) is 20.7. The third-order valence-corrected chi connectivity index (χ3v) is 3.37. The first-order chi connectivity index (χ1) is 8.77. The average Bonchev–Trinajstić information content (AvgIpc) is 3.04. The lowest BCUT2D eigenvalue weighted by Crippen LogP contribution is -2.25. The molecule has 1 amide bonds. The molecule has 0 unspecified atom stereocenters. The summed E-state index contributed by atoms with van der Waals surface area (Å²) in [5.74, 6) is -0.0617. The largest absolute Gasteiger partial charge is 0.272 e. The SMILES string of the molecule is O=C=NC1(c2ccccc2N2OCCC2=O)CC1. The van der Waals surface area contributed by atoms with Crippen molar-refractivity contribution >= 4 is 17.7 Å². The molecule has 1 aliphatic carbocycles. The van der Waals surface area contributed by atoms with Crippen LogP contribution in [-0.4, -0.2) is 18.6 Å². The van der Waals surface area contributed by atoms with Gasteiger partial charge in [0.2, 0.25) is 6.08 Å². The van der Waals surface area contributed by atoms with Crippen LogP contribution < -0.4 is 5.06 Å². The molecule has 1 aromatic carbocycles. The van der Waals surface area contributed by atoms with E-state index in [4.69, 9.17) is 4.84 Å². The van der Waals surface area contributed by atoms with Crippen LogP contribution in [0.1, 0.15) is 24.8 Å². The van der Waals surface area contributed by atoms with E-state index in [0.717, 1.165) is 18.4 Å². The van der Waals surface area contributed by atoms with Crippen LogP contribution >= 0.6 is 0 Å². The van der Waals surface area contributed by atoms with Crippen LogP contribution in [0.25, 0.3) is 0 Å². The number of carbonyl (C=O) groups is 1. The Bertz CT molecular complexity index is 545. The third-order valence-electron chi connectivity index (χ3n) is 3.37. The predicted octanol–water partition coefficient (Wildman–Crippen LogP) is 1.68. The molecule has 0 aromatic heterocycles. The van der Waals surface area contributed by atoms with E-state index in [1.807, 2.05) is 24.3 Å². The number of rotatable bonds is 3. The Kier molecular flexibility index (Phi) is 2.51. The van der Waals surface area contributed by atoms with Crippen molar-refractivity contribution in [2.75, 3.05) is 11.7 Å². The quantitative estimate of drug-likeness (QED) is 0.600. The molecule has 18 heavy (non-hydrogen) atoms. The second-order valence-corrected chi connectivity index (χ2v) is 4.52. The van der Waals surface area contributed by atoms with Crippen LogP contribution in [0.5, 0.6) is 0 Å². The molecule has 5 nitrogen and oxygen atoms in total. The molecule has 0 radical (unpaired) electrons. The van der Waals surface area contributed by atoms with Gasteiger partial charge in [0.25, 0.3) is 5.91 Å². The molecule has 1 heterocycles. The van der Waals surface area contributed by atoms with E-state index in [-0.39, 0.29) is 5.91 Å². The highest BCUT2D eigenvalue weighted by Gasteiger charge is 2.47. The van der Waals surface area contributed by atoms with Crippen LogP contribution in [-0.2, 0) is 20.0 Å². The Morgan fingerprint density at radius 3 is 2.72 bits per heavy atom. The van der Waals surface area contributed by atoms with Crippen LogP contribution in [0.4, 0.5) is 5.69 Å². The van der Waals surface area contributed by atoms with Crippen molar-refractivity contribution in [1.82, 2.24) is 0 Å². The fourth-order valence-electron chi connectivity index (χ4n) is 2.29. The van der Waals surface area contributed by atoms with E-state index >= 15 is 0 Å². The summed E-state index contributed by atoms with van der Waals surface area (Å²) in [4.78, 5) is 31.5. The molecule has 0 bridgehead atoms. The molecule has 1 aliphatic heterocycles. The first kappa shape index (κ1) is 11.1. The number of nitrogens with zero attached hydrogens (tertiary/aromatic N) is 2. The van der Waals surface area contributed by atoms with Gasteiger partial charge < -0.3 is 0 Å². The van der Waals surface area contributed by atoms with Gasteiger partial charge in [-0.15, -0.1) is 0 Å². The summed E-state index contributed by atoms with van der Waals surface area (Å²) >= 11 is 0. The van der Waals surface area contributed by atoms with Crippen molar-refractivity contribution in [2.24, 2.45) is 4.99 Å². The van der Waals surface area contributed by atoms with Gasteiger partial charge >= 0.3 is 0 Å². The van der Waals surface area contributed by atoms with E-state index in [1.165, 1.54) is 5.06 Å². The number of hydrogen-bond donors (Lipinski definition) is 0. The van der Waals surface area contributed by atoms with Crippen LogP contribution in [0.2, 0.25) is 0 Å². The second kappa shape index (κ2) is 4.05. The number of isocyanates is 1. The maximum Gasteiger partial charge on any atom is 0.253 e. The first-order valence-corrected chi connectivity index (χ1v) is 5.91. The van der Waals surface area contributed by atoms with E-state index < -0.39 is 5.54 Å². The maximum absolute atomic E-state index is 11.7. The minimum Gasteiger partial charge on any atom is -0.272 e. The molecular formula is C13H12N2O3. The van der Waals surface area contributed by atoms with Gasteiger partial charge in [0.05, 0.1) is 18.7 Å². The fraction of sp³-hybridized carbons (Fsp3) is 0.385. The highest BCUT2D eigenvalue weighted by atomic mass is 16.7. The monoisotopic (exact) mass is 244 g/mol. The van der Waals surface area contributed by atoms with Crippen molar-refractivity contribution in [3.8, 4) is 0 Å². The Morgan fingerprint density at radius 1 is 1.33 bits per heavy atom. The molecule has 0 N–H and O–H groups in total. The number of amides is 1. The number of hydrogen-bond acceptors (Lipinski definition) is 4. The van der Waals surface area contributed by atoms with E-state index in [0.29, 0.717) is 18.7 Å². The smallest absolute Gasteiger partial charge is 0.253 e. The Morgan fingerprint density at radius 2 is 2.11 bits per heavy atom. The first-order valence-electron chi connectivity index (χ1n) is 5.91. The summed E-state index contributed by atoms with van der Waals surface area (Å²) in [6.45, 7) is 0.400. The summed E-state index contributed by atoms with van der Waals surface area (Å²) < 4.78 is 0. The van der Waals surface area contributed by atoms with Crippen LogP contribution in [0.3, 0.4) is 0 Å². The molecule has 0 atom stereocenters. The Balaban J connectivity index is 2.05. The minimum absolute atomic E-state index is 0.0617. The lowest BCUT2D eigenvalue weighted by molar-refractivity contribution is -0.119. The molecule has 92 valence electrons. The van der Waals surface area contributed by atoms with Crippen molar-refractivity contribution in [2.45, 2.75) is 24.8 Å². The maximum atomic E-state index is 11.7. The molecule has 1 saturated heterocycles. The zero-order valence-electron chi connectivity index (χ0n) is 9.76. The lowest BCUT2D eigenvalue weighted by Gasteiger charge is -2.20. The Hall–Kier alpha value is -1.97. The minimum atomic E-state index is -0.495. The number of aliphatic imine (C=N–C) groups is 1. The summed E-state index contributed by atoms with van der Waals surface area (Å²) in [7, 11) is 0. The molecule has 5 heteroatoms. The van der Waals surface area contributed by atoms with Gasteiger partial charge in [0.15, 0.2) is 0 Å². The van der Waals surface area contributed by atoms with Gasteiger partial charge in [-0.05, 0) is 18.9 Å². The number of para-hydroxylation sites is 1. The number of hydroxylamine groups is 1. The van der Waals surface area contributed by atoms with E-state index in [2.05, 4.69) is 4.99 Å². The van der Waals surface area contributed by atoms with Crippen molar-refractivity contribution in [1.29, 1.82) is 0 Å². The molecule has 2 aliphatic rings. The summed E-state index contributed by atoms with van der Waals surface area (Å²) in [5, 5.41) is 1.32. The topological polar surface area (TPSA) is 59.0 Å². The summed E-state index contributed by atoms with van der Waals surface area (Å²) in [6.07, 6.45) is 3.63. The van der Waals surface area contributed by atoms with Gasteiger partial charge in [-0.1, -0.05) is 18.2 Å². The molecule has 1 aromatic rings. The predicted molar refractivity (Wildman–Crippen MR) is 63.5 cm³/mol. The number of anilines is 1. The van der Waals surface area contributed by atoms with Gasteiger partial charge in [0, 0.05) is 5.56 Å². The summed E-state index contributed by atoms with van der Waals surface area (Å²) in [5.41, 5.74) is 1.06. The lowest BCUT2D eigenvalue weighted by atomic mass is 10.0. The van der Waals surface area contributed by atoms with Gasteiger partial charge in [-0.3, -0.25) is 9.63 Å². The van der Waals surface area contributed by atoms with Crippen molar-refractivity contribution in [3.05, 3.63) is 29.8 Å². The third kappa shape index (κ3) is 1.65. The van der Waals surface area contributed by atoms with Crippen molar-refractivity contribution < 1.29 is 14.4 Å².